The second kappa shape index (κ2) is 5.75. The molecule has 2 aromatic rings. The molecular formula is C14H20N4O2S. The Balaban J connectivity index is 1.72. The van der Waals surface area contributed by atoms with E-state index in [9.17, 15) is 8.42 Å². The highest BCUT2D eigenvalue weighted by Gasteiger charge is 2.32. The molecular weight excluding hydrogens is 288 g/mol. The van der Waals surface area contributed by atoms with Crippen LogP contribution in [0, 0.1) is 0 Å². The Hall–Kier alpha value is -1.44. The number of sulfonamides is 1. The van der Waals surface area contributed by atoms with Crippen LogP contribution in [-0.2, 0) is 16.6 Å². The molecule has 1 atom stereocenters. The molecule has 21 heavy (non-hydrogen) atoms. The zero-order valence-electron chi connectivity index (χ0n) is 12.0. The van der Waals surface area contributed by atoms with Crippen LogP contribution in [0.25, 0.3) is 10.9 Å². The lowest BCUT2D eigenvalue weighted by atomic mass is 10.1. The van der Waals surface area contributed by atoms with Crippen LogP contribution >= 0.6 is 0 Å². The number of rotatable bonds is 5. The standard InChI is InChI=1S/C14H20N4O2S/c1-2-16-21(19,20)13-6-7-18(10-13)9-12-5-3-4-11-8-15-17-14(11)12/h3-5,8,13,16H,2,6-7,9-10H2,1H3,(H,15,17). The summed E-state index contributed by atoms with van der Waals surface area (Å²) in [7, 11) is -3.18. The van der Waals surface area contributed by atoms with E-state index in [1.807, 2.05) is 19.1 Å². The fourth-order valence-electron chi connectivity index (χ4n) is 2.92. The minimum atomic E-state index is -3.18. The Morgan fingerprint density at radius 3 is 3.14 bits per heavy atom. The SMILES string of the molecule is CCNS(=O)(=O)C1CCN(Cc2cccc3cn[nH]c23)C1. The van der Waals surface area contributed by atoms with Gasteiger partial charge in [0.25, 0.3) is 0 Å². The Bertz CT molecular complexity index is 725. The summed E-state index contributed by atoms with van der Waals surface area (Å²) in [6.45, 7) is 4.40. The summed E-state index contributed by atoms with van der Waals surface area (Å²) in [6.07, 6.45) is 2.50. The molecule has 0 bridgehead atoms. The van der Waals surface area contributed by atoms with E-state index in [1.165, 1.54) is 0 Å². The quantitative estimate of drug-likeness (QED) is 0.866. The number of aromatic amines is 1. The summed E-state index contributed by atoms with van der Waals surface area (Å²) in [5.74, 6) is 0. The maximum atomic E-state index is 12.0. The van der Waals surface area contributed by atoms with Gasteiger partial charge in [0.1, 0.15) is 0 Å². The van der Waals surface area contributed by atoms with Crippen molar-refractivity contribution in [1.29, 1.82) is 0 Å². The number of aromatic nitrogens is 2. The number of nitrogens with zero attached hydrogens (tertiary/aromatic N) is 2. The van der Waals surface area contributed by atoms with Crippen LogP contribution < -0.4 is 4.72 Å². The lowest BCUT2D eigenvalue weighted by Gasteiger charge is -2.16. The minimum Gasteiger partial charge on any atom is -0.298 e. The van der Waals surface area contributed by atoms with Crippen molar-refractivity contribution in [2.45, 2.75) is 25.1 Å². The number of fused-ring (bicyclic) bond motifs is 1. The van der Waals surface area contributed by atoms with Gasteiger partial charge in [0.2, 0.25) is 10.0 Å². The molecule has 6 nitrogen and oxygen atoms in total. The van der Waals surface area contributed by atoms with Crippen molar-refractivity contribution >= 4 is 20.9 Å². The van der Waals surface area contributed by atoms with Crippen molar-refractivity contribution in [3.05, 3.63) is 30.0 Å². The van der Waals surface area contributed by atoms with Gasteiger partial charge < -0.3 is 0 Å². The molecule has 2 heterocycles. The molecule has 1 aliphatic heterocycles. The molecule has 1 unspecified atom stereocenters. The number of hydrogen-bond donors (Lipinski definition) is 2. The second-order valence-electron chi connectivity index (χ2n) is 5.44. The third-order valence-corrected chi connectivity index (χ3v) is 5.92. The predicted octanol–water partition coefficient (Wildman–Crippen LogP) is 1.08. The lowest BCUT2D eigenvalue weighted by Crippen LogP contribution is -2.36. The monoisotopic (exact) mass is 308 g/mol. The largest absolute Gasteiger partial charge is 0.298 e. The average Bonchev–Trinajstić information content (AvgIpc) is 3.07. The van der Waals surface area contributed by atoms with Crippen molar-refractivity contribution in [1.82, 2.24) is 19.8 Å². The van der Waals surface area contributed by atoms with Gasteiger partial charge in [0, 0.05) is 25.0 Å². The molecule has 1 fully saturated rings. The molecule has 1 aromatic heterocycles. The van der Waals surface area contributed by atoms with Crippen LogP contribution in [0.3, 0.4) is 0 Å². The summed E-state index contributed by atoms with van der Waals surface area (Å²) < 4.78 is 26.7. The first kappa shape index (κ1) is 14.5. The van der Waals surface area contributed by atoms with Crippen molar-refractivity contribution in [2.24, 2.45) is 0 Å². The Kier molecular flexibility index (Phi) is 3.97. The van der Waals surface area contributed by atoms with Crippen LogP contribution in [0.4, 0.5) is 0 Å². The molecule has 0 radical (unpaired) electrons. The summed E-state index contributed by atoms with van der Waals surface area (Å²) in [6, 6.07) is 6.09. The van der Waals surface area contributed by atoms with Gasteiger partial charge in [-0.05, 0) is 18.5 Å². The van der Waals surface area contributed by atoms with Crippen molar-refractivity contribution in [3.63, 3.8) is 0 Å². The normalized spacial score (nSPS) is 20.3. The van der Waals surface area contributed by atoms with Crippen molar-refractivity contribution in [3.8, 4) is 0 Å². The van der Waals surface area contributed by atoms with Gasteiger partial charge in [0.15, 0.2) is 0 Å². The van der Waals surface area contributed by atoms with E-state index in [-0.39, 0.29) is 5.25 Å². The van der Waals surface area contributed by atoms with Gasteiger partial charge >= 0.3 is 0 Å². The molecule has 0 saturated carbocycles. The summed E-state index contributed by atoms with van der Waals surface area (Å²) in [4.78, 5) is 2.19. The van der Waals surface area contributed by atoms with Gasteiger partial charge in [-0.15, -0.1) is 0 Å². The van der Waals surface area contributed by atoms with E-state index >= 15 is 0 Å². The highest BCUT2D eigenvalue weighted by atomic mass is 32.2. The Morgan fingerprint density at radius 1 is 1.48 bits per heavy atom. The minimum absolute atomic E-state index is 0.307. The molecule has 1 aromatic carbocycles. The number of hydrogen-bond acceptors (Lipinski definition) is 4. The second-order valence-corrected chi connectivity index (χ2v) is 7.49. The van der Waals surface area contributed by atoms with Crippen LogP contribution in [0.1, 0.15) is 18.9 Å². The summed E-state index contributed by atoms with van der Waals surface area (Å²) in [5.41, 5.74) is 2.20. The maximum Gasteiger partial charge on any atom is 0.215 e. The Morgan fingerprint density at radius 2 is 2.33 bits per heavy atom. The molecule has 0 amide bonds. The molecule has 3 rings (SSSR count). The maximum absolute atomic E-state index is 12.0. The molecule has 1 saturated heterocycles. The highest BCUT2D eigenvalue weighted by molar-refractivity contribution is 7.90. The van der Waals surface area contributed by atoms with E-state index in [4.69, 9.17) is 0 Å². The topological polar surface area (TPSA) is 78.1 Å². The van der Waals surface area contributed by atoms with E-state index in [2.05, 4.69) is 25.9 Å². The lowest BCUT2D eigenvalue weighted by molar-refractivity contribution is 0.332. The van der Waals surface area contributed by atoms with Gasteiger partial charge in [-0.2, -0.15) is 5.10 Å². The zero-order valence-corrected chi connectivity index (χ0v) is 12.9. The van der Waals surface area contributed by atoms with E-state index in [1.54, 1.807) is 6.20 Å². The molecule has 7 heteroatoms. The molecule has 2 N–H and O–H groups in total. The van der Waals surface area contributed by atoms with E-state index in [0.717, 1.165) is 29.6 Å². The zero-order chi connectivity index (χ0) is 14.9. The van der Waals surface area contributed by atoms with Gasteiger partial charge in [0.05, 0.1) is 17.0 Å². The van der Waals surface area contributed by atoms with Crippen LogP contribution in [0.2, 0.25) is 0 Å². The number of benzene rings is 1. The summed E-state index contributed by atoms with van der Waals surface area (Å²) >= 11 is 0. The molecule has 0 aliphatic carbocycles. The van der Waals surface area contributed by atoms with Crippen LogP contribution in [0.5, 0.6) is 0 Å². The third kappa shape index (κ3) is 2.95. The Labute approximate surface area is 124 Å². The van der Waals surface area contributed by atoms with E-state index < -0.39 is 10.0 Å². The third-order valence-electron chi connectivity index (χ3n) is 3.97. The fourth-order valence-corrected chi connectivity index (χ4v) is 4.38. The van der Waals surface area contributed by atoms with Crippen molar-refractivity contribution in [2.75, 3.05) is 19.6 Å². The number of likely N-dealkylation sites (tertiary alicyclic amines) is 1. The number of nitrogens with one attached hydrogen (secondary N) is 2. The smallest absolute Gasteiger partial charge is 0.215 e. The van der Waals surface area contributed by atoms with Gasteiger partial charge in [-0.3, -0.25) is 10.00 Å². The van der Waals surface area contributed by atoms with Gasteiger partial charge in [-0.1, -0.05) is 25.1 Å². The average molecular weight is 308 g/mol. The first-order valence-electron chi connectivity index (χ1n) is 7.22. The summed E-state index contributed by atoms with van der Waals surface area (Å²) in [5, 5.41) is 7.86. The van der Waals surface area contributed by atoms with E-state index in [0.29, 0.717) is 19.5 Å². The molecule has 0 spiro atoms. The van der Waals surface area contributed by atoms with Crippen molar-refractivity contribution < 1.29 is 8.42 Å². The number of H-pyrrole nitrogens is 1. The first-order chi connectivity index (χ1) is 10.1. The first-order valence-corrected chi connectivity index (χ1v) is 8.76. The molecule has 114 valence electrons. The van der Waals surface area contributed by atoms with Gasteiger partial charge in [-0.25, -0.2) is 13.1 Å². The van der Waals surface area contributed by atoms with Crippen LogP contribution in [-0.4, -0.2) is 48.4 Å². The highest BCUT2D eigenvalue weighted by Crippen LogP contribution is 2.22. The number of para-hydroxylation sites is 1. The molecule has 1 aliphatic rings. The predicted molar refractivity (Wildman–Crippen MR) is 82.4 cm³/mol. The van der Waals surface area contributed by atoms with Crippen LogP contribution in [0.15, 0.2) is 24.4 Å². The fraction of sp³-hybridized carbons (Fsp3) is 0.500.